The largest absolute Gasteiger partial charge is 0.434 e. The highest BCUT2D eigenvalue weighted by molar-refractivity contribution is 6.35. The Hall–Kier alpha value is -2.12. The Bertz CT molecular complexity index is 744. The van der Waals surface area contributed by atoms with Gasteiger partial charge in [-0.05, 0) is 35.9 Å². The van der Waals surface area contributed by atoms with Gasteiger partial charge in [0.25, 0.3) is 0 Å². The van der Waals surface area contributed by atoms with Crippen LogP contribution in [0.2, 0.25) is 10.0 Å². The lowest BCUT2D eigenvalue weighted by Gasteiger charge is -2.08. The lowest BCUT2D eigenvalue weighted by molar-refractivity contribution is -0.141. The van der Waals surface area contributed by atoms with Gasteiger partial charge in [-0.15, -0.1) is 0 Å². The molecule has 0 spiro atoms. The minimum absolute atomic E-state index is 0.330. The number of pyridine rings is 1. The van der Waals surface area contributed by atoms with E-state index in [2.05, 4.69) is 15.0 Å². The molecule has 120 valence electrons. The maximum absolute atomic E-state index is 12.7. The summed E-state index contributed by atoms with van der Waals surface area (Å²) in [5, 5.41) is 4.00. The molecule has 23 heavy (non-hydrogen) atoms. The van der Waals surface area contributed by atoms with Crippen LogP contribution in [0.3, 0.4) is 0 Å². The van der Waals surface area contributed by atoms with Crippen LogP contribution in [0.5, 0.6) is 0 Å². The van der Waals surface area contributed by atoms with Crippen LogP contribution in [0.25, 0.3) is 0 Å². The summed E-state index contributed by atoms with van der Waals surface area (Å²) in [5.74, 6) is -1.28. The smallest absolute Gasteiger partial charge is 0.313 e. The van der Waals surface area contributed by atoms with Crippen LogP contribution >= 0.6 is 23.2 Å². The molecule has 0 atom stereocenters. The predicted molar refractivity (Wildman–Crippen MR) is 78.7 cm³/mol. The third-order valence-electron chi connectivity index (χ3n) is 2.52. The standard InChI is InChI=1S/C14H7Cl2F3N2O2/c15-9-4-8(5-10(16)6-9)7-21-23-13(22)11-2-1-3-20-12(11)14(17,18)19/h1-7H/b21-7+. The summed E-state index contributed by atoms with van der Waals surface area (Å²) in [7, 11) is 0. The predicted octanol–water partition coefficient (Wildman–Crippen LogP) is 4.60. The number of benzene rings is 1. The molecule has 9 heteroatoms. The van der Waals surface area contributed by atoms with Gasteiger partial charge < -0.3 is 4.84 Å². The van der Waals surface area contributed by atoms with Crippen LogP contribution in [0, 0.1) is 0 Å². The number of oxime groups is 1. The fourth-order valence-electron chi connectivity index (χ4n) is 1.63. The monoisotopic (exact) mass is 362 g/mol. The fourth-order valence-corrected chi connectivity index (χ4v) is 2.17. The first kappa shape index (κ1) is 17.2. The van der Waals surface area contributed by atoms with Gasteiger partial charge in [-0.1, -0.05) is 28.4 Å². The van der Waals surface area contributed by atoms with Crippen molar-refractivity contribution in [3.05, 3.63) is 63.4 Å². The van der Waals surface area contributed by atoms with Crippen LogP contribution in [0.4, 0.5) is 13.2 Å². The average molecular weight is 363 g/mol. The van der Waals surface area contributed by atoms with Crippen molar-refractivity contribution < 1.29 is 22.8 Å². The van der Waals surface area contributed by atoms with Crippen LogP contribution in [-0.2, 0) is 11.0 Å². The third-order valence-corrected chi connectivity index (χ3v) is 2.95. The zero-order valence-electron chi connectivity index (χ0n) is 11.1. The van der Waals surface area contributed by atoms with Crippen molar-refractivity contribution in [1.82, 2.24) is 4.98 Å². The first-order valence-corrected chi connectivity index (χ1v) is 6.76. The van der Waals surface area contributed by atoms with E-state index >= 15 is 0 Å². The summed E-state index contributed by atoms with van der Waals surface area (Å²) in [6.45, 7) is 0. The van der Waals surface area contributed by atoms with Gasteiger partial charge in [0.05, 0.1) is 11.8 Å². The molecule has 0 radical (unpaired) electrons. The van der Waals surface area contributed by atoms with Gasteiger partial charge in [0.2, 0.25) is 0 Å². The van der Waals surface area contributed by atoms with E-state index in [-0.39, 0.29) is 0 Å². The van der Waals surface area contributed by atoms with Crippen molar-refractivity contribution in [2.75, 3.05) is 0 Å². The molecule has 1 heterocycles. The lowest BCUT2D eigenvalue weighted by atomic mass is 10.2. The number of rotatable bonds is 3. The van der Waals surface area contributed by atoms with Crippen molar-refractivity contribution in [3.63, 3.8) is 0 Å². The molecule has 1 aromatic heterocycles. The second-order valence-electron chi connectivity index (χ2n) is 4.21. The molecule has 1 aromatic carbocycles. The summed E-state index contributed by atoms with van der Waals surface area (Å²) in [4.78, 5) is 19.3. The highest BCUT2D eigenvalue weighted by Crippen LogP contribution is 2.30. The molecule has 0 saturated heterocycles. The molecule has 0 aliphatic rings. The Morgan fingerprint density at radius 1 is 1.22 bits per heavy atom. The van der Waals surface area contributed by atoms with E-state index in [0.717, 1.165) is 18.5 Å². The second-order valence-corrected chi connectivity index (χ2v) is 5.09. The van der Waals surface area contributed by atoms with Crippen LogP contribution in [0.15, 0.2) is 41.7 Å². The van der Waals surface area contributed by atoms with Gasteiger partial charge in [0.1, 0.15) is 0 Å². The number of carbonyl (C=O) groups excluding carboxylic acids is 1. The second kappa shape index (κ2) is 6.97. The molecule has 2 rings (SSSR count). The number of hydrogen-bond acceptors (Lipinski definition) is 4. The molecule has 4 nitrogen and oxygen atoms in total. The van der Waals surface area contributed by atoms with Gasteiger partial charge >= 0.3 is 12.1 Å². The van der Waals surface area contributed by atoms with E-state index in [1.54, 1.807) is 0 Å². The molecule has 0 saturated carbocycles. The molecular formula is C14H7Cl2F3N2O2. The molecule has 0 fully saturated rings. The summed E-state index contributed by atoms with van der Waals surface area (Å²) < 4.78 is 38.2. The average Bonchev–Trinajstić information content (AvgIpc) is 2.45. The maximum atomic E-state index is 12.7. The summed E-state index contributed by atoms with van der Waals surface area (Å²) in [5.41, 5.74) is -1.66. The van der Waals surface area contributed by atoms with Crippen molar-refractivity contribution in [2.24, 2.45) is 5.16 Å². The number of alkyl halides is 3. The summed E-state index contributed by atoms with van der Waals surface area (Å²) in [6.07, 6.45) is -2.75. The van der Waals surface area contributed by atoms with Gasteiger partial charge in [-0.25, -0.2) is 4.79 Å². The van der Waals surface area contributed by atoms with Crippen molar-refractivity contribution >= 4 is 35.4 Å². The number of halogens is 5. The van der Waals surface area contributed by atoms with E-state index < -0.39 is 23.4 Å². The minimum atomic E-state index is -4.78. The quantitative estimate of drug-likeness (QED) is 0.455. The molecule has 0 N–H and O–H groups in total. The lowest BCUT2D eigenvalue weighted by Crippen LogP contribution is -2.15. The number of carbonyl (C=O) groups is 1. The zero-order chi connectivity index (χ0) is 17.0. The van der Waals surface area contributed by atoms with E-state index in [4.69, 9.17) is 23.2 Å². The summed E-state index contributed by atoms with van der Waals surface area (Å²) in [6, 6.07) is 6.58. The topological polar surface area (TPSA) is 51.5 Å². The van der Waals surface area contributed by atoms with Crippen LogP contribution < -0.4 is 0 Å². The number of hydrogen-bond donors (Lipinski definition) is 0. The molecule has 0 unspecified atom stereocenters. The van der Waals surface area contributed by atoms with E-state index in [1.807, 2.05) is 0 Å². The minimum Gasteiger partial charge on any atom is -0.313 e. The van der Waals surface area contributed by atoms with E-state index in [9.17, 15) is 18.0 Å². The molecular weight excluding hydrogens is 356 g/mol. The molecule has 0 aliphatic carbocycles. The van der Waals surface area contributed by atoms with Gasteiger partial charge in [0.15, 0.2) is 5.69 Å². The van der Waals surface area contributed by atoms with E-state index in [0.29, 0.717) is 15.6 Å². The summed E-state index contributed by atoms with van der Waals surface area (Å²) >= 11 is 11.5. The molecule has 0 aliphatic heterocycles. The Morgan fingerprint density at radius 3 is 2.48 bits per heavy atom. The number of nitrogens with zero attached hydrogens (tertiary/aromatic N) is 2. The fraction of sp³-hybridized carbons (Fsp3) is 0.0714. The molecule has 0 bridgehead atoms. The van der Waals surface area contributed by atoms with Crippen LogP contribution in [0.1, 0.15) is 21.6 Å². The Labute approximate surface area is 138 Å². The highest BCUT2D eigenvalue weighted by atomic mass is 35.5. The van der Waals surface area contributed by atoms with Crippen molar-refractivity contribution in [1.29, 1.82) is 0 Å². The SMILES string of the molecule is O=C(O/N=C/c1cc(Cl)cc(Cl)c1)c1cccnc1C(F)(F)F. The van der Waals surface area contributed by atoms with Gasteiger partial charge in [-0.3, -0.25) is 4.98 Å². The van der Waals surface area contributed by atoms with Crippen LogP contribution in [-0.4, -0.2) is 17.2 Å². The first-order valence-electron chi connectivity index (χ1n) is 6.00. The van der Waals surface area contributed by atoms with Crippen molar-refractivity contribution in [2.45, 2.75) is 6.18 Å². The van der Waals surface area contributed by atoms with Crippen molar-refractivity contribution in [3.8, 4) is 0 Å². The number of aromatic nitrogens is 1. The zero-order valence-corrected chi connectivity index (χ0v) is 12.7. The molecule has 2 aromatic rings. The maximum Gasteiger partial charge on any atom is 0.434 e. The molecule has 0 amide bonds. The normalized spacial score (nSPS) is 11.7. The van der Waals surface area contributed by atoms with E-state index in [1.165, 1.54) is 24.3 Å². The highest BCUT2D eigenvalue weighted by Gasteiger charge is 2.37. The Kier molecular flexibility index (Phi) is 5.23. The van der Waals surface area contributed by atoms with Gasteiger partial charge in [0, 0.05) is 16.2 Å². The Morgan fingerprint density at radius 2 is 1.87 bits per heavy atom. The Balaban J connectivity index is 2.16. The third kappa shape index (κ3) is 4.67. The first-order chi connectivity index (χ1) is 10.8. The van der Waals surface area contributed by atoms with Gasteiger partial charge in [-0.2, -0.15) is 13.2 Å².